The first-order valence-electron chi connectivity index (χ1n) is 9.55. The highest BCUT2D eigenvalue weighted by molar-refractivity contribution is 6.12. The van der Waals surface area contributed by atoms with E-state index in [0.29, 0.717) is 22.5 Å². The van der Waals surface area contributed by atoms with E-state index in [4.69, 9.17) is 0 Å². The second-order valence-electron chi connectivity index (χ2n) is 7.07. The van der Waals surface area contributed by atoms with Crippen molar-refractivity contribution in [2.75, 3.05) is 10.2 Å². The highest BCUT2D eigenvalue weighted by Crippen LogP contribution is 2.42. The molecule has 0 saturated carbocycles. The van der Waals surface area contributed by atoms with Gasteiger partial charge in [-0.15, -0.1) is 0 Å². The number of aliphatic carboxylic acids is 1. The average molecular weight is 420 g/mol. The van der Waals surface area contributed by atoms with Gasteiger partial charge in [-0.1, -0.05) is 30.3 Å². The summed E-state index contributed by atoms with van der Waals surface area (Å²) in [6, 6.07) is 19.2. The third-order valence-electron chi connectivity index (χ3n) is 5.02. The Kier molecular flexibility index (Phi) is 5.49. The summed E-state index contributed by atoms with van der Waals surface area (Å²) >= 11 is 0. The maximum atomic E-state index is 13.5. The Hall–Kier alpha value is -4.00. The lowest BCUT2D eigenvalue weighted by Gasteiger charge is -2.27. The SMILES string of the molecule is O=C(O)CC1=C(Nc2ccc(F)cc2)C(=O)N(c2ccc(F)cc2)C1c1ccccc1. The van der Waals surface area contributed by atoms with E-state index in [9.17, 15) is 23.5 Å². The van der Waals surface area contributed by atoms with Crippen molar-refractivity contribution in [1.82, 2.24) is 0 Å². The number of hydrogen-bond donors (Lipinski definition) is 2. The molecule has 156 valence electrons. The fourth-order valence-corrected chi connectivity index (χ4v) is 3.68. The van der Waals surface area contributed by atoms with Crippen molar-refractivity contribution in [3.8, 4) is 0 Å². The molecule has 0 saturated heterocycles. The summed E-state index contributed by atoms with van der Waals surface area (Å²) < 4.78 is 26.8. The molecule has 1 aliphatic heterocycles. The third kappa shape index (κ3) is 4.16. The van der Waals surface area contributed by atoms with Crippen LogP contribution in [0, 0.1) is 11.6 Å². The van der Waals surface area contributed by atoms with Gasteiger partial charge in [0.05, 0.1) is 12.5 Å². The minimum absolute atomic E-state index is 0.104. The van der Waals surface area contributed by atoms with Gasteiger partial charge in [0, 0.05) is 11.4 Å². The molecule has 3 aromatic rings. The molecule has 3 aromatic carbocycles. The second-order valence-corrected chi connectivity index (χ2v) is 7.07. The Labute approximate surface area is 177 Å². The van der Waals surface area contributed by atoms with Crippen LogP contribution in [0.2, 0.25) is 0 Å². The summed E-state index contributed by atoms with van der Waals surface area (Å²) in [4.78, 5) is 26.6. The maximum Gasteiger partial charge on any atom is 0.307 e. The zero-order chi connectivity index (χ0) is 22.0. The van der Waals surface area contributed by atoms with Crippen LogP contribution in [0.25, 0.3) is 0 Å². The van der Waals surface area contributed by atoms with Crippen molar-refractivity contribution in [3.05, 3.63) is 107 Å². The monoisotopic (exact) mass is 420 g/mol. The largest absolute Gasteiger partial charge is 0.481 e. The van der Waals surface area contributed by atoms with Gasteiger partial charge in [0.1, 0.15) is 17.3 Å². The molecule has 31 heavy (non-hydrogen) atoms. The number of amides is 1. The van der Waals surface area contributed by atoms with Crippen LogP contribution in [0.3, 0.4) is 0 Å². The Morgan fingerprint density at radius 2 is 1.48 bits per heavy atom. The van der Waals surface area contributed by atoms with Crippen LogP contribution in [0.4, 0.5) is 20.2 Å². The number of carboxylic acids is 1. The minimum Gasteiger partial charge on any atom is -0.481 e. The molecule has 1 amide bonds. The fourth-order valence-electron chi connectivity index (χ4n) is 3.68. The molecule has 0 bridgehead atoms. The van der Waals surface area contributed by atoms with Crippen LogP contribution in [0.15, 0.2) is 90.1 Å². The van der Waals surface area contributed by atoms with Crippen molar-refractivity contribution in [2.24, 2.45) is 0 Å². The van der Waals surface area contributed by atoms with Crippen LogP contribution in [-0.4, -0.2) is 17.0 Å². The summed E-state index contributed by atoms with van der Waals surface area (Å²) in [5.74, 6) is -2.43. The maximum absolute atomic E-state index is 13.5. The van der Waals surface area contributed by atoms with Gasteiger partial charge in [0.2, 0.25) is 0 Å². The Morgan fingerprint density at radius 1 is 0.903 bits per heavy atom. The molecule has 0 aromatic heterocycles. The van der Waals surface area contributed by atoms with Crippen molar-refractivity contribution in [1.29, 1.82) is 0 Å². The number of hydrogen-bond acceptors (Lipinski definition) is 3. The number of benzene rings is 3. The summed E-state index contributed by atoms with van der Waals surface area (Å²) in [6.07, 6.45) is -0.382. The lowest BCUT2D eigenvalue weighted by molar-refractivity contribution is -0.136. The number of nitrogens with one attached hydrogen (secondary N) is 1. The van der Waals surface area contributed by atoms with Gasteiger partial charge >= 0.3 is 5.97 Å². The van der Waals surface area contributed by atoms with E-state index in [1.54, 1.807) is 24.3 Å². The van der Waals surface area contributed by atoms with Gasteiger partial charge in [0.15, 0.2) is 0 Å². The number of carboxylic acid groups (broad SMARTS) is 1. The molecule has 1 atom stereocenters. The first kappa shape index (κ1) is 20.3. The standard InChI is InChI=1S/C24H18F2N2O3/c25-16-6-10-18(11-7-16)27-22-20(14-21(29)30)23(15-4-2-1-3-5-15)28(24(22)31)19-12-8-17(26)9-13-19/h1-13,23,27H,14H2,(H,29,30). The quantitative estimate of drug-likeness (QED) is 0.596. The van der Waals surface area contributed by atoms with Gasteiger partial charge in [-0.05, 0) is 59.7 Å². The predicted molar refractivity (Wildman–Crippen MR) is 112 cm³/mol. The molecule has 1 heterocycles. The fraction of sp³-hybridized carbons (Fsp3) is 0.0833. The molecule has 1 aliphatic rings. The van der Waals surface area contributed by atoms with E-state index in [0.717, 1.165) is 0 Å². The first-order chi connectivity index (χ1) is 14.9. The number of anilines is 2. The molecular formula is C24H18F2N2O3. The van der Waals surface area contributed by atoms with Crippen LogP contribution in [0.1, 0.15) is 18.0 Å². The molecule has 0 aliphatic carbocycles. The van der Waals surface area contributed by atoms with Gasteiger partial charge in [0.25, 0.3) is 5.91 Å². The highest BCUT2D eigenvalue weighted by Gasteiger charge is 2.41. The topological polar surface area (TPSA) is 69.6 Å². The number of carbonyl (C=O) groups excluding carboxylic acids is 1. The molecule has 2 N–H and O–H groups in total. The number of carbonyl (C=O) groups is 2. The highest BCUT2D eigenvalue weighted by atomic mass is 19.1. The van der Waals surface area contributed by atoms with Crippen LogP contribution in [0.5, 0.6) is 0 Å². The molecule has 7 heteroatoms. The summed E-state index contributed by atoms with van der Waals surface area (Å²) in [5.41, 5.74) is 2.05. The molecular weight excluding hydrogens is 402 g/mol. The normalized spacial score (nSPS) is 16.0. The lowest BCUT2D eigenvalue weighted by Crippen LogP contribution is -2.31. The second kappa shape index (κ2) is 8.39. The van der Waals surface area contributed by atoms with E-state index in [1.807, 2.05) is 6.07 Å². The molecule has 0 fully saturated rings. The van der Waals surface area contributed by atoms with E-state index in [1.165, 1.54) is 53.4 Å². The van der Waals surface area contributed by atoms with Gasteiger partial charge in [-0.3, -0.25) is 14.5 Å². The molecule has 1 unspecified atom stereocenters. The smallest absolute Gasteiger partial charge is 0.307 e. The summed E-state index contributed by atoms with van der Waals surface area (Å²) in [6.45, 7) is 0. The predicted octanol–water partition coefficient (Wildman–Crippen LogP) is 4.89. The Morgan fingerprint density at radius 3 is 2.06 bits per heavy atom. The lowest BCUT2D eigenvalue weighted by atomic mass is 9.96. The number of nitrogens with zero attached hydrogens (tertiary/aromatic N) is 1. The average Bonchev–Trinajstić information content (AvgIpc) is 3.02. The van der Waals surface area contributed by atoms with Gasteiger partial charge < -0.3 is 10.4 Å². The number of rotatable bonds is 6. The molecule has 0 spiro atoms. The van der Waals surface area contributed by atoms with E-state index in [-0.39, 0.29) is 12.1 Å². The zero-order valence-electron chi connectivity index (χ0n) is 16.3. The molecule has 0 radical (unpaired) electrons. The van der Waals surface area contributed by atoms with Crippen molar-refractivity contribution in [2.45, 2.75) is 12.5 Å². The molecule has 5 nitrogen and oxygen atoms in total. The van der Waals surface area contributed by atoms with E-state index in [2.05, 4.69) is 5.32 Å². The summed E-state index contributed by atoms with van der Waals surface area (Å²) in [5, 5.41) is 12.5. The first-order valence-corrected chi connectivity index (χ1v) is 9.55. The molecule has 4 rings (SSSR count). The van der Waals surface area contributed by atoms with E-state index < -0.39 is 29.6 Å². The van der Waals surface area contributed by atoms with Crippen molar-refractivity contribution < 1.29 is 23.5 Å². The van der Waals surface area contributed by atoms with E-state index >= 15 is 0 Å². The zero-order valence-corrected chi connectivity index (χ0v) is 16.3. The van der Waals surface area contributed by atoms with Crippen molar-refractivity contribution in [3.63, 3.8) is 0 Å². The van der Waals surface area contributed by atoms with Gasteiger partial charge in [-0.2, -0.15) is 0 Å². The third-order valence-corrected chi connectivity index (χ3v) is 5.02. The Bertz CT molecular complexity index is 1140. The van der Waals surface area contributed by atoms with Crippen LogP contribution in [-0.2, 0) is 9.59 Å². The summed E-state index contributed by atoms with van der Waals surface area (Å²) in [7, 11) is 0. The Balaban J connectivity index is 1.85. The van der Waals surface area contributed by atoms with Crippen LogP contribution >= 0.6 is 0 Å². The minimum atomic E-state index is -1.09. The van der Waals surface area contributed by atoms with Crippen molar-refractivity contribution >= 4 is 23.3 Å². The van der Waals surface area contributed by atoms with Gasteiger partial charge in [-0.25, -0.2) is 8.78 Å². The number of halogens is 2. The van der Waals surface area contributed by atoms with Crippen LogP contribution < -0.4 is 10.2 Å².